The summed E-state index contributed by atoms with van der Waals surface area (Å²) in [5.41, 5.74) is 4.21. The van der Waals surface area contributed by atoms with Crippen LogP contribution < -0.4 is 25.4 Å². The molecule has 1 aliphatic rings. The van der Waals surface area contributed by atoms with Crippen LogP contribution in [0.15, 0.2) is 107 Å². The second-order valence-electron chi connectivity index (χ2n) is 8.76. The number of nitrogens with one attached hydrogen (secondary N) is 3. The Balaban J connectivity index is 1.74. The summed E-state index contributed by atoms with van der Waals surface area (Å²) in [5.74, 6) is -0.212. The second-order valence-corrected chi connectivity index (χ2v) is 8.76. The maximum atomic E-state index is 13.7. The molecule has 3 aromatic carbocycles. The van der Waals surface area contributed by atoms with E-state index in [1.165, 1.54) is 0 Å². The van der Waals surface area contributed by atoms with Gasteiger partial charge >= 0.3 is 0 Å². The number of dihydropyridines is 1. The van der Waals surface area contributed by atoms with Gasteiger partial charge in [-0.15, -0.1) is 0 Å². The molecule has 38 heavy (non-hydrogen) atoms. The van der Waals surface area contributed by atoms with Crippen molar-refractivity contribution in [3.8, 4) is 11.5 Å². The highest BCUT2D eigenvalue weighted by atomic mass is 16.5. The molecule has 0 fully saturated rings. The molecule has 1 heterocycles. The lowest BCUT2D eigenvalue weighted by Crippen LogP contribution is -2.35. The summed E-state index contributed by atoms with van der Waals surface area (Å²) in [7, 11) is 3.10. The van der Waals surface area contributed by atoms with E-state index in [4.69, 9.17) is 9.47 Å². The molecule has 0 radical (unpaired) electrons. The lowest BCUT2D eigenvalue weighted by Gasteiger charge is -2.29. The molecular formula is C31H31N3O4. The Morgan fingerprint density at radius 2 is 1.16 bits per heavy atom. The number of carbonyl (C=O) groups excluding carboxylic acids is 2. The van der Waals surface area contributed by atoms with E-state index < -0.39 is 5.92 Å². The zero-order chi connectivity index (χ0) is 27.1. The number of amides is 2. The van der Waals surface area contributed by atoms with Crippen molar-refractivity contribution < 1.29 is 19.1 Å². The van der Waals surface area contributed by atoms with E-state index >= 15 is 0 Å². The lowest BCUT2D eigenvalue weighted by atomic mass is 9.83. The maximum absolute atomic E-state index is 13.7. The number of rotatable bonds is 8. The van der Waals surface area contributed by atoms with Crippen LogP contribution in [0.1, 0.15) is 19.4 Å². The molecule has 7 nitrogen and oxygen atoms in total. The van der Waals surface area contributed by atoms with Crippen LogP contribution in [0.4, 0.5) is 11.4 Å². The van der Waals surface area contributed by atoms with Crippen molar-refractivity contribution in [1.82, 2.24) is 5.32 Å². The van der Waals surface area contributed by atoms with Crippen LogP contribution >= 0.6 is 0 Å². The molecule has 1 aliphatic heterocycles. The molecule has 194 valence electrons. The molecule has 0 atom stereocenters. The first-order chi connectivity index (χ1) is 18.4. The fourth-order valence-corrected chi connectivity index (χ4v) is 4.49. The third-order valence-electron chi connectivity index (χ3n) is 6.29. The predicted molar refractivity (Wildman–Crippen MR) is 151 cm³/mol. The molecule has 0 bridgehead atoms. The molecule has 0 saturated heterocycles. The zero-order valence-corrected chi connectivity index (χ0v) is 21.9. The van der Waals surface area contributed by atoms with E-state index in [1.54, 1.807) is 38.5 Å². The number of allylic oxidation sites excluding steroid dienone is 3. The molecule has 2 amide bonds. The summed E-state index contributed by atoms with van der Waals surface area (Å²) >= 11 is 0. The number of para-hydroxylation sites is 4. The monoisotopic (exact) mass is 509 g/mol. The molecule has 0 saturated carbocycles. The van der Waals surface area contributed by atoms with Crippen LogP contribution in [0.25, 0.3) is 6.08 Å². The average Bonchev–Trinajstić information content (AvgIpc) is 2.92. The van der Waals surface area contributed by atoms with Crippen molar-refractivity contribution in [2.24, 2.45) is 5.92 Å². The van der Waals surface area contributed by atoms with Gasteiger partial charge in [0.1, 0.15) is 11.5 Å². The molecule has 4 rings (SSSR count). The third kappa shape index (κ3) is 5.78. The minimum absolute atomic E-state index is 0.336. The van der Waals surface area contributed by atoms with E-state index in [0.717, 1.165) is 5.56 Å². The number of benzene rings is 3. The Morgan fingerprint density at radius 3 is 1.63 bits per heavy atom. The van der Waals surface area contributed by atoms with Crippen LogP contribution in [0.2, 0.25) is 0 Å². The molecule has 0 spiro atoms. The first kappa shape index (κ1) is 26.3. The third-order valence-corrected chi connectivity index (χ3v) is 6.29. The van der Waals surface area contributed by atoms with E-state index in [-0.39, 0.29) is 11.8 Å². The number of ether oxygens (including phenoxy) is 2. The number of anilines is 2. The topological polar surface area (TPSA) is 88.7 Å². The van der Waals surface area contributed by atoms with Crippen molar-refractivity contribution in [3.05, 3.63) is 113 Å². The van der Waals surface area contributed by atoms with E-state index in [2.05, 4.69) is 16.0 Å². The summed E-state index contributed by atoms with van der Waals surface area (Å²) in [5, 5.41) is 9.16. The van der Waals surface area contributed by atoms with Gasteiger partial charge in [-0.25, -0.2) is 0 Å². The van der Waals surface area contributed by atoms with Gasteiger partial charge in [0.15, 0.2) is 0 Å². The van der Waals surface area contributed by atoms with Gasteiger partial charge in [0.2, 0.25) is 0 Å². The van der Waals surface area contributed by atoms with Gasteiger partial charge in [0.05, 0.1) is 25.6 Å². The molecule has 0 aliphatic carbocycles. The fourth-order valence-electron chi connectivity index (χ4n) is 4.49. The van der Waals surface area contributed by atoms with Crippen molar-refractivity contribution in [1.29, 1.82) is 0 Å². The molecule has 3 aromatic rings. The highest BCUT2D eigenvalue weighted by Gasteiger charge is 2.34. The van der Waals surface area contributed by atoms with Gasteiger partial charge in [-0.3, -0.25) is 9.59 Å². The Labute approximate surface area is 222 Å². The Kier molecular flexibility index (Phi) is 8.28. The average molecular weight is 510 g/mol. The van der Waals surface area contributed by atoms with Crippen LogP contribution in [0.3, 0.4) is 0 Å². The van der Waals surface area contributed by atoms with Crippen LogP contribution in [-0.4, -0.2) is 26.0 Å². The summed E-state index contributed by atoms with van der Waals surface area (Å²) in [4.78, 5) is 27.5. The molecule has 0 unspecified atom stereocenters. The zero-order valence-electron chi connectivity index (χ0n) is 21.9. The first-order valence-electron chi connectivity index (χ1n) is 12.2. The highest BCUT2D eigenvalue weighted by Crippen LogP contribution is 2.35. The summed E-state index contributed by atoms with van der Waals surface area (Å²) in [6, 6.07) is 24.2. The van der Waals surface area contributed by atoms with Gasteiger partial charge in [-0.1, -0.05) is 66.7 Å². The molecule has 7 heteroatoms. The quantitative estimate of drug-likeness (QED) is 0.359. The minimum atomic E-state index is -0.624. The predicted octanol–water partition coefficient (Wildman–Crippen LogP) is 5.76. The van der Waals surface area contributed by atoms with Gasteiger partial charge in [-0.2, -0.15) is 0 Å². The fraction of sp³-hybridized carbons (Fsp3) is 0.161. The molecule has 3 N–H and O–H groups in total. The van der Waals surface area contributed by atoms with Crippen molar-refractivity contribution >= 4 is 29.3 Å². The van der Waals surface area contributed by atoms with Crippen molar-refractivity contribution in [2.45, 2.75) is 13.8 Å². The summed E-state index contributed by atoms with van der Waals surface area (Å²) < 4.78 is 10.8. The van der Waals surface area contributed by atoms with Gasteiger partial charge in [0.25, 0.3) is 11.8 Å². The Hall–Kier alpha value is -4.78. The normalized spacial score (nSPS) is 13.8. The van der Waals surface area contributed by atoms with E-state index in [0.29, 0.717) is 45.4 Å². The minimum Gasteiger partial charge on any atom is -0.495 e. The number of methoxy groups -OCH3 is 2. The standard InChI is InChI=1S/C31H31N3O4/c1-20-28(30(35)33-24-14-8-10-16-26(24)37-3)23(19-18-22-12-6-5-7-13-22)29(21(2)32-20)31(36)34-25-15-9-11-17-27(25)38-4/h5-19,23,32H,1-4H3,(H,33,35)(H,34,36)/b19-18-. The Bertz CT molecular complexity index is 1340. The van der Waals surface area contributed by atoms with Crippen molar-refractivity contribution in [3.63, 3.8) is 0 Å². The summed E-state index contributed by atoms with van der Waals surface area (Å²) in [6.45, 7) is 3.66. The van der Waals surface area contributed by atoms with E-state index in [1.807, 2.05) is 80.6 Å². The van der Waals surface area contributed by atoms with Gasteiger partial charge in [-0.05, 0) is 43.7 Å². The maximum Gasteiger partial charge on any atom is 0.254 e. The molecular weight excluding hydrogens is 478 g/mol. The second kappa shape index (κ2) is 12.0. The van der Waals surface area contributed by atoms with Crippen LogP contribution in [-0.2, 0) is 9.59 Å². The smallest absolute Gasteiger partial charge is 0.254 e. The first-order valence-corrected chi connectivity index (χ1v) is 12.2. The summed E-state index contributed by atoms with van der Waals surface area (Å²) in [6.07, 6.45) is 3.81. The Morgan fingerprint density at radius 1 is 0.711 bits per heavy atom. The molecule has 0 aromatic heterocycles. The highest BCUT2D eigenvalue weighted by molar-refractivity contribution is 6.11. The van der Waals surface area contributed by atoms with Gasteiger partial charge in [0, 0.05) is 28.5 Å². The van der Waals surface area contributed by atoms with Crippen molar-refractivity contribution in [2.75, 3.05) is 24.9 Å². The number of hydrogen-bond acceptors (Lipinski definition) is 5. The number of hydrogen-bond donors (Lipinski definition) is 3. The number of carbonyl (C=O) groups is 2. The largest absolute Gasteiger partial charge is 0.495 e. The lowest BCUT2D eigenvalue weighted by molar-refractivity contribution is -0.113. The SMILES string of the molecule is COc1ccccc1NC(=O)C1=C(C)NC(C)=C(C(=O)Nc2ccccc2OC)C1/C=C\c1ccccc1. The van der Waals surface area contributed by atoms with E-state index in [9.17, 15) is 9.59 Å². The van der Waals surface area contributed by atoms with Crippen LogP contribution in [0.5, 0.6) is 11.5 Å². The van der Waals surface area contributed by atoms with Crippen LogP contribution in [0, 0.1) is 5.92 Å². The van der Waals surface area contributed by atoms with Gasteiger partial charge < -0.3 is 25.4 Å².